The summed E-state index contributed by atoms with van der Waals surface area (Å²) in [5.41, 5.74) is 10.7. The number of aromatic nitrogens is 1. The lowest BCUT2D eigenvalue weighted by Gasteiger charge is -2.22. The first-order valence-electron chi connectivity index (χ1n) is 14.7. The Bertz CT molecular complexity index is 1530. The number of amides is 3. The molecule has 4 aromatic rings. The number of carbonyl (C=O) groups is 3. The Hall–Kier alpha value is -5.02. The predicted molar refractivity (Wildman–Crippen MR) is 170 cm³/mol. The Morgan fingerprint density at radius 1 is 0.818 bits per heavy atom. The lowest BCUT2D eigenvalue weighted by molar-refractivity contribution is -0.124. The van der Waals surface area contributed by atoms with Crippen LogP contribution >= 0.6 is 0 Å². The minimum absolute atomic E-state index is 0.0433. The quantitative estimate of drug-likeness (QED) is 0.175. The van der Waals surface area contributed by atoms with Crippen LogP contribution in [0, 0.1) is 6.92 Å². The zero-order valence-electron chi connectivity index (χ0n) is 25.1. The highest BCUT2D eigenvalue weighted by molar-refractivity contribution is 5.95. The molecule has 0 aliphatic carbocycles. The van der Waals surface area contributed by atoms with Crippen LogP contribution in [0.1, 0.15) is 56.9 Å². The van der Waals surface area contributed by atoms with Gasteiger partial charge in [-0.1, -0.05) is 54.6 Å². The summed E-state index contributed by atoms with van der Waals surface area (Å²) < 4.78 is 5.56. The monoisotopic (exact) mass is 593 g/mol. The largest absolute Gasteiger partial charge is 0.494 e. The van der Waals surface area contributed by atoms with E-state index in [-0.39, 0.29) is 30.8 Å². The number of hydrogen-bond donors (Lipinski definition) is 4. The number of nitrogens with zero attached hydrogens (tertiary/aromatic N) is 1. The van der Waals surface area contributed by atoms with Gasteiger partial charge in [0.2, 0.25) is 11.8 Å². The Morgan fingerprint density at radius 3 is 2.18 bits per heavy atom. The number of aryl methyl sites for hydroxylation is 1. The molecule has 0 radical (unpaired) electrons. The first-order valence-corrected chi connectivity index (χ1v) is 14.7. The molecule has 1 heterocycles. The zero-order chi connectivity index (χ0) is 31.3. The highest BCUT2D eigenvalue weighted by Crippen LogP contribution is 2.21. The summed E-state index contributed by atoms with van der Waals surface area (Å²) in [5.74, 6) is -1.55. The van der Waals surface area contributed by atoms with Crippen LogP contribution in [0.3, 0.4) is 0 Å². The molecule has 2 atom stereocenters. The van der Waals surface area contributed by atoms with Gasteiger partial charge in [0, 0.05) is 44.1 Å². The van der Waals surface area contributed by atoms with Gasteiger partial charge < -0.3 is 26.4 Å². The van der Waals surface area contributed by atoms with Gasteiger partial charge in [-0.15, -0.1) is 0 Å². The third-order valence-electron chi connectivity index (χ3n) is 7.39. The standard InChI is InChI=1S/C35H39N5O4/c1-3-44-30-15-13-26(14-16-30)31(22-39-33(41)27-8-5-4-6-9-27)34(42)40-23-32(29-10-7-17-37-21-29)35(43)38-20-25-11-12-28(19-36)24(2)18-25/h4-18,21,31-32H,3,19-20,22-23,36H2,1-2H3,(H,38,43)(H,39,41)(H,40,42)/t31-,32+/m1/s1. The van der Waals surface area contributed by atoms with E-state index in [1.165, 1.54) is 0 Å². The fraction of sp³-hybridized carbons (Fsp3) is 0.257. The molecular weight excluding hydrogens is 554 g/mol. The van der Waals surface area contributed by atoms with Crippen molar-refractivity contribution in [1.29, 1.82) is 0 Å². The molecule has 3 aromatic carbocycles. The molecule has 228 valence electrons. The molecule has 0 aliphatic rings. The van der Waals surface area contributed by atoms with E-state index in [4.69, 9.17) is 10.5 Å². The maximum atomic E-state index is 13.7. The number of pyridine rings is 1. The minimum Gasteiger partial charge on any atom is -0.494 e. The molecule has 0 saturated carbocycles. The molecule has 0 aliphatic heterocycles. The zero-order valence-corrected chi connectivity index (χ0v) is 25.1. The van der Waals surface area contributed by atoms with E-state index < -0.39 is 11.8 Å². The summed E-state index contributed by atoms with van der Waals surface area (Å²) in [4.78, 5) is 44.1. The molecule has 0 spiro atoms. The van der Waals surface area contributed by atoms with Crippen molar-refractivity contribution in [3.63, 3.8) is 0 Å². The van der Waals surface area contributed by atoms with Crippen molar-refractivity contribution < 1.29 is 19.1 Å². The van der Waals surface area contributed by atoms with Crippen molar-refractivity contribution >= 4 is 17.7 Å². The van der Waals surface area contributed by atoms with Crippen LogP contribution in [0.25, 0.3) is 0 Å². The van der Waals surface area contributed by atoms with Gasteiger partial charge in [0.15, 0.2) is 0 Å². The van der Waals surface area contributed by atoms with E-state index in [0.717, 1.165) is 16.7 Å². The molecule has 3 amide bonds. The first kappa shape index (κ1) is 31.9. The smallest absolute Gasteiger partial charge is 0.251 e. The van der Waals surface area contributed by atoms with Crippen molar-refractivity contribution in [2.24, 2.45) is 5.73 Å². The Labute approximate surface area is 258 Å². The number of rotatable bonds is 14. The SMILES string of the molecule is CCOc1ccc([C@@H](CNC(=O)c2ccccc2)C(=O)NC[C@H](C(=O)NCc2ccc(CN)c(C)c2)c2cccnc2)cc1. The Kier molecular flexibility index (Phi) is 11.6. The Morgan fingerprint density at radius 2 is 1.52 bits per heavy atom. The second kappa shape index (κ2) is 16.0. The van der Waals surface area contributed by atoms with Gasteiger partial charge in [0.1, 0.15) is 5.75 Å². The molecule has 44 heavy (non-hydrogen) atoms. The molecule has 0 fully saturated rings. The van der Waals surface area contributed by atoms with Crippen molar-refractivity contribution in [2.45, 2.75) is 38.8 Å². The fourth-order valence-electron chi connectivity index (χ4n) is 4.89. The number of nitrogens with one attached hydrogen (secondary N) is 3. The summed E-state index contributed by atoms with van der Waals surface area (Å²) >= 11 is 0. The third-order valence-corrected chi connectivity index (χ3v) is 7.39. The molecule has 0 bridgehead atoms. The maximum Gasteiger partial charge on any atom is 0.251 e. The molecule has 5 N–H and O–H groups in total. The Balaban J connectivity index is 1.48. The van der Waals surface area contributed by atoms with E-state index in [0.29, 0.717) is 42.1 Å². The highest BCUT2D eigenvalue weighted by Gasteiger charge is 2.26. The van der Waals surface area contributed by atoms with E-state index in [1.807, 2.05) is 56.3 Å². The number of nitrogens with two attached hydrogens (primary N) is 1. The highest BCUT2D eigenvalue weighted by atomic mass is 16.5. The molecular formula is C35H39N5O4. The molecule has 0 saturated heterocycles. The van der Waals surface area contributed by atoms with Gasteiger partial charge in [0.05, 0.1) is 18.4 Å². The van der Waals surface area contributed by atoms with Crippen molar-refractivity contribution in [3.05, 3.63) is 131 Å². The molecule has 0 unspecified atom stereocenters. The molecule has 1 aromatic heterocycles. The third kappa shape index (κ3) is 8.75. The minimum atomic E-state index is -0.708. The normalized spacial score (nSPS) is 12.1. The van der Waals surface area contributed by atoms with Crippen LogP contribution < -0.4 is 26.4 Å². The van der Waals surface area contributed by atoms with Crippen molar-refractivity contribution in [3.8, 4) is 5.75 Å². The lowest BCUT2D eigenvalue weighted by atomic mass is 9.96. The van der Waals surface area contributed by atoms with Crippen LogP contribution in [0.2, 0.25) is 0 Å². The van der Waals surface area contributed by atoms with Crippen LogP contribution in [-0.2, 0) is 22.7 Å². The summed E-state index contributed by atoms with van der Waals surface area (Å²) in [5, 5.41) is 8.85. The van der Waals surface area contributed by atoms with Crippen molar-refractivity contribution in [1.82, 2.24) is 20.9 Å². The van der Waals surface area contributed by atoms with Gasteiger partial charge in [0.25, 0.3) is 5.91 Å². The van der Waals surface area contributed by atoms with E-state index in [9.17, 15) is 14.4 Å². The summed E-state index contributed by atoms with van der Waals surface area (Å²) in [7, 11) is 0. The predicted octanol–water partition coefficient (Wildman–Crippen LogP) is 3.98. The van der Waals surface area contributed by atoms with Gasteiger partial charge in [-0.3, -0.25) is 19.4 Å². The molecule has 9 nitrogen and oxygen atoms in total. The van der Waals surface area contributed by atoms with Crippen LogP contribution in [0.15, 0.2) is 97.3 Å². The first-order chi connectivity index (χ1) is 21.4. The summed E-state index contributed by atoms with van der Waals surface area (Å²) in [6.07, 6.45) is 3.26. The number of benzene rings is 3. The molecule has 4 rings (SSSR count). The number of ether oxygens (including phenoxy) is 1. The number of hydrogen-bond acceptors (Lipinski definition) is 6. The second-order valence-corrected chi connectivity index (χ2v) is 10.4. The van der Waals surface area contributed by atoms with Gasteiger partial charge in [-0.25, -0.2) is 0 Å². The van der Waals surface area contributed by atoms with Crippen LogP contribution in [0.4, 0.5) is 0 Å². The number of carbonyl (C=O) groups excluding carboxylic acids is 3. The average Bonchev–Trinajstić information content (AvgIpc) is 3.05. The second-order valence-electron chi connectivity index (χ2n) is 10.4. The van der Waals surface area contributed by atoms with Gasteiger partial charge in [-0.05, 0) is 72.0 Å². The fourth-order valence-corrected chi connectivity index (χ4v) is 4.89. The van der Waals surface area contributed by atoms with Gasteiger partial charge in [-0.2, -0.15) is 0 Å². The maximum absolute atomic E-state index is 13.7. The van der Waals surface area contributed by atoms with Gasteiger partial charge >= 0.3 is 0 Å². The van der Waals surface area contributed by atoms with Crippen molar-refractivity contribution in [2.75, 3.05) is 19.7 Å². The van der Waals surface area contributed by atoms with E-state index >= 15 is 0 Å². The average molecular weight is 594 g/mol. The topological polar surface area (TPSA) is 135 Å². The van der Waals surface area contributed by atoms with Crippen LogP contribution in [-0.4, -0.2) is 42.4 Å². The summed E-state index contributed by atoms with van der Waals surface area (Å²) in [6, 6.07) is 25.5. The summed E-state index contributed by atoms with van der Waals surface area (Å²) in [6.45, 7) is 5.30. The lowest BCUT2D eigenvalue weighted by Crippen LogP contribution is -2.41. The van der Waals surface area contributed by atoms with Crippen LogP contribution in [0.5, 0.6) is 5.75 Å². The van der Waals surface area contributed by atoms with E-state index in [1.54, 1.807) is 54.9 Å². The molecule has 9 heteroatoms. The van der Waals surface area contributed by atoms with E-state index in [2.05, 4.69) is 20.9 Å².